The summed E-state index contributed by atoms with van der Waals surface area (Å²) in [6.07, 6.45) is 10.5. The quantitative estimate of drug-likeness (QED) is 0.249. The van der Waals surface area contributed by atoms with Crippen molar-refractivity contribution in [3.8, 4) is 34.5 Å². The lowest BCUT2D eigenvalue weighted by Crippen LogP contribution is -2.02. The number of hydrogen-bond acceptors (Lipinski definition) is 0. The maximum atomic E-state index is 3.78. The number of benzene rings is 3. The van der Waals surface area contributed by atoms with Crippen LogP contribution in [0.4, 0.5) is 0 Å². The van der Waals surface area contributed by atoms with Crippen molar-refractivity contribution in [2.75, 3.05) is 0 Å². The highest BCUT2D eigenvalue weighted by atomic mass is 15.0. The Morgan fingerprint density at radius 3 is 2.54 bits per heavy atom. The fraction of sp³-hybridized carbons (Fsp3) is 0.118. The lowest BCUT2D eigenvalue weighted by atomic mass is 9.95. The lowest BCUT2D eigenvalue weighted by molar-refractivity contribution is 0.944. The van der Waals surface area contributed by atoms with Gasteiger partial charge in [0.15, 0.2) is 0 Å². The second kappa shape index (κ2) is 7.91. The summed E-state index contributed by atoms with van der Waals surface area (Å²) < 4.78 is 4.70. The molecule has 0 fully saturated rings. The van der Waals surface area contributed by atoms with Gasteiger partial charge in [-0.3, -0.25) is 0 Å². The molecule has 2 aliphatic rings. The number of fused-ring (bicyclic) bond motifs is 8. The molecule has 3 aromatic heterocycles. The van der Waals surface area contributed by atoms with Crippen LogP contribution in [0.25, 0.3) is 50.5 Å². The molecule has 3 nitrogen and oxygen atoms in total. The molecule has 0 bridgehead atoms. The number of aryl methyl sites for hydroxylation is 1. The Hall–Kier alpha value is -4.68. The Balaban J connectivity index is 1.33. The zero-order valence-electron chi connectivity index (χ0n) is 20.5. The fourth-order valence-electron chi connectivity index (χ4n) is 6.23. The summed E-state index contributed by atoms with van der Waals surface area (Å²) in [4.78, 5) is 3.78. The average Bonchev–Trinajstić information content (AvgIpc) is 3.61. The molecule has 3 heterocycles. The van der Waals surface area contributed by atoms with Crippen molar-refractivity contribution >= 4 is 27.9 Å². The lowest BCUT2D eigenvalue weighted by Gasteiger charge is -2.13. The molecule has 0 saturated heterocycles. The summed E-state index contributed by atoms with van der Waals surface area (Å²) in [5.41, 5.74) is 12.6. The van der Waals surface area contributed by atoms with Crippen LogP contribution in [0.15, 0.2) is 91.1 Å². The third kappa shape index (κ3) is 3.03. The van der Waals surface area contributed by atoms with Crippen molar-refractivity contribution in [2.45, 2.75) is 25.7 Å². The predicted octanol–water partition coefficient (Wildman–Crippen LogP) is 7.63. The van der Waals surface area contributed by atoms with E-state index in [0.717, 1.165) is 25.7 Å². The molecule has 0 amide bonds. The number of nitrogens with one attached hydrogen (secondary N) is 1. The van der Waals surface area contributed by atoms with Gasteiger partial charge in [-0.25, -0.2) is 0 Å². The van der Waals surface area contributed by atoms with E-state index in [1.807, 2.05) is 0 Å². The molecule has 0 unspecified atom stereocenters. The molecule has 6 aromatic rings. The summed E-state index contributed by atoms with van der Waals surface area (Å²) in [6.45, 7) is 0. The zero-order chi connectivity index (χ0) is 24.3. The monoisotopic (exact) mass is 475 g/mol. The van der Waals surface area contributed by atoms with Crippen molar-refractivity contribution < 1.29 is 0 Å². The molecule has 1 N–H and O–H groups in total. The predicted molar refractivity (Wildman–Crippen MR) is 152 cm³/mol. The van der Waals surface area contributed by atoms with Gasteiger partial charge in [-0.2, -0.15) is 0 Å². The van der Waals surface area contributed by atoms with Gasteiger partial charge in [0.2, 0.25) is 0 Å². The van der Waals surface area contributed by atoms with Crippen LogP contribution >= 0.6 is 0 Å². The number of allylic oxidation sites excluding steroid dienone is 1. The maximum Gasteiger partial charge on any atom is 0.0542 e. The minimum atomic E-state index is 0.741. The van der Waals surface area contributed by atoms with E-state index >= 15 is 0 Å². The molecule has 0 atom stereocenters. The van der Waals surface area contributed by atoms with Gasteiger partial charge in [0, 0.05) is 51.7 Å². The standard InChI is InChI=1S/C34H25N3/c1-2-10-23(11-3-1)37-32-17-9-5-13-26(32)29-22-24(18-19-33(29)37)36-21-20-28-31(36)16-8-6-14-27-25-12-4-7-15-30(25)35-34(27)28/h1-5,9-13,17-22,35H,7,14-16H2. The van der Waals surface area contributed by atoms with Gasteiger partial charge >= 0.3 is 0 Å². The largest absolute Gasteiger partial charge is 0.358 e. The third-order valence-corrected chi connectivity index (χ3v) is 7.93. The van der Waals surface area contributed by atoms with Crippen LogP contribution in [0.1, 0.15) is 28.9 Å². The summed E-state index contributed by atoms with van der Waals surface area (Å²) >= 11 is 0. The minimum absolute atomic E-state index is 0.741. The Bertz CT molecular complexity index is 1930. The highest BCUT2D eigenvalue weighted by molar-refractivity contribution is 6.09. The van der Waals surface area contributed by atoms with E-state index in [-0.39, 0.29) is 0 Å². The molecule has 176 valence electrons. The second-order valence-electron chi connectivity index (χ2n) is 9.95. The molecular formula is C34H25N3. The normalized spacial score (nSPS) is 13.9. The fourth-order valence-corrected chi connectivity index (χ4v) is 6.23. The number of nitrogens with zero attached hydrogens (tertiary/aromatic N) is 2. The van der Waals surface area contributed by atoms with Gasteiger partial charge in [-0.1, -0.05) is 60.4 Å². The molecule has 3 aromatic carbocycles. The molecule has 8 rings (SSSR count). The number of aromatic nitrogens is 3. The van der Waals surface area contributed by atoms with E-state index < -0.39 is 0 Å². The molecule has 0 spiro atoms. The molecule has 3 heteroatoms. The topological polar surface area (TPSA) is 25.6 Å². The van der Waals surface area contributed by atoms with E-state index in [0.29, 0.717) is 0 Å². The van der Waals surface area contributed by atoms with Crippen LogP contribution in [0.3, 0.4) is 0 Å². The number of aromatic amines is 1. The van der Waals surface area contributed by atoms with Crippen molar-refractivity contribution in [1.29, 1.82) is 0 Å². The van der Waals surface area contributed by atoms with Crippen molar-refractivity contribution in [3.05, 3.63) is 114 Å². The van der Waals surface area contributed by atoms with E-state index in [4.69, 9.17) is 0 Å². The summed E-state index contributed by atoms with van der Waals surface area (Å²) in [5.74, 6) is 6.90. The van der Waals surface area contributed by atoms with Gasteiger partial charge in [-0.15, -0.1) is 0 Å². The number of rotatable bonds is 2. The van der Waals surface area contributed by atoms with E-state index in [1.165, 1.54) is 67.0 Å². The second-order valence-corrected chi connectivity index (χ2v) is 9.95. The third-order valence-electron chi connectivity index (χ3n) is 7.93. The number of H-pyrrole nitrogens is 1. The molecule has 0 aliphatic heterocycles. The Labute approximate surface area is 215 Å². The highest BCUT2D eigenvalue weighted by Gasteiger charge is 2.23. The summed E-state index contributed by atoms with van der Waals surface area (Å²) in [7, 11) is 0. The van der Waals surface area contributed by atoms with Crippen molar-refractivity contribution in [3.63, 3.8) is 0 Å². The first kappa shape index (κ1) is 20.5. The molecule has 0 saturated carbocycles. The zero-order valence-corrected chi connectivity index (χ0v) is 20.5. The molecule has 37 heavy (non-hydrogen) atoms. The SMILES string of the molecule is C1#CCc2c(ccn2-c2ccc3c(c2)c2ccccc2n3-c2ccccc2)-c2[nH]c3c(c2C1)C=CCC3. The highest BCUT2D eigenvalue weighted by Crippen LogP contribution is 2.38. The first-order valence-corrected chi connectivity index (χ1v) is 13.0. The Morgan fingerprint density at radius 1 is 0.757 bits per heavy atom. The van der Waals surface area contributed by atoms with E-state index in [9.17, 15) is 0 Å². The summed E-state index contributed by atoms with van der Waals surface area (Å²) in [5, 5.41) is 2.53. The number of hydrogen-bond donors (Lipinski definition) is 1. The van der Waals surface area contributed by atoms with Gasteiger partial charge in [0.05, 0.1) is 23.1 Å². The van der Waals surface area contributed by atoms with Crippen LogP contribution in [0, 0.1) is 11.8 Å². The summed E-state index contributed by atoms with van der Waals surface area (Å²) in [6, 6.07) is 28.5. The Kier molecular flexibility index (Phi) is 4.39. The van der Waals surface area contributed by atoms with Crippen LogP contribution in [-0.4, -0.2) is 14.1 Å². The van der Waals surface area contributed by atoms with Crippen molar-refractivity contribution in [2.24, 2.45) is 0 Å². The van der Waals surface area contributed by atoms with Crippen LogP contribution in [-0.2, 0) is 19.3 Å². The first-order valence-electron chi connectivity index (χ1n) is 13.0. The van der Waals surface area contributed by atoms with E-state index in [1.54, 1.807) is 0 Å². The van der Waals surface area contributed by atoms with Crippen molar-refractivity contribution in [1.82, 2.24) is 14.1 Å². The van der Waals surface area contributed by atoms with Gasteiger partial charge in [-0.05, 0) is 66.4 Å². The average molecular weight is 476 g/mol. The Morgan fingerprint density at radius 2 is 1.59 bits per heavy atom. The number of para-hydroxylation sites is 2. The van der Waals surface area contributed by atoms with E-state index in [2.05, 4.69) is 123 Å². The molecule has 2 aliphatic carbocycles. The minimum Gasteiger partial charge on any atom is -0.358 e. The maximum absolute atomic E-state index is 3.78. The van der Waals surface area contributed by atoms with Gasteiger partial charge < -0.3 is 14.1 Å². The van der Waals surface area contributed by atoms with Gasteiger partial charge in [0.1, 0.15) is 0 Å². The molecular weight excluding hydrogens is 450 g/mol. The van der Waals surface area contributed by atoms with Crippen LogP contribution in [0.5, 0.6) is 0 Å². The van der Waals surface area contributed by atoms with Crippen LogP contribution < -0.4 is 0 Å². The molecule has 0 radical (unpaired) electrons. The van der Waals surface area contributed by atoms with Gasteiger partial charge in [0.25, 0.3) is 0 Å². The van der Waals surface area contributed by atoms with Crippen LogP contribution in [0.2, 0.25) is 0 Å². The first-order chi connectivity index (χ1) is 18.4. The smallest absolute Gasteiger partial charge is 0.0542 e.